The molecule has 32 heavy (non-hydrogen) atoms. The van der Waals surface area contributed by atoms with Gasteiger partial charge >= 0.3 is 6.03 Å². The summed E-state index contributed by atoms with van der Waals surface area (Å²) in [7, 11) is 3.07. The van der Waals surface area contributed by atoms with Crippen molar-refractivity contribution in [1.29, 1.82) is 0 Å². The minimum absolute atomic E-state index is 0.248. The van der Waals surface area contributed by atoms with E-state index < -0.39 is 11.9 Å². The summed E-state index contributed by atoms with van der Waals surface area (Å²) < 4.78 is 10.5. The van der Waals surface area contributed by atoms with E-state index in [4.69, 9.17) is 9.47 Å². The van der Waals surface area contributed by atoms with Gasteiger partial charge in [-0.2, -0.15) is 0 Å². The number of urea groups is 1. The first kappa shape index (κ1) is 22.9. The molecule has 6 heteroatoms. The fraction of sp³-hybridized carbons (Fsp3) is 0.231. The van der Waals surface area contributed by atoms with E-state index in [0.717, 1.165) is 39.3 Å². The fourth-order valence-electron chi connectivity index (χ4n) is 3.50. The van der Waals surface area contributed by atoms with Crippen LogP contribution in [0, 0.1) is 0 Å². The van der Waals surface area contributed by atoms with E-state index in [-0.39, 0.29) is 5.41 Å². The van der Waals surface area contributed by atoms with Crippen LogP contribution in [-0.2, 0) is 14.9 Å². The molecule has 0 atom stereocenters. The number of amides is 3. The van der Waals surface area contributed by atoms with E-state index in [1.54, 1.807) is 7.11 Å². The summed E-state index contributed by atoms with van der Waals surface area (Å²) in [5, 5.41) is 7.25. The second kappa shape index (κ2) is 9.56. The number of carbonyl (C=O) groups excluding carboxylic acids is 2. The second-order valence-electron chi connectivity index (χ2n) is 8.40. The number of ether oxygens (including phenoxy) is 2. The number of fused-ring (bicyclic) bond motifs is 1. The van der Waals surface area contributed by atoms with Crippen molar-refractivity contribution in [1.82, 2.24) is 5.32 Å². The molecule has 0 heterocycles. The molecular formula is C26H28N2O4. The molecule has 3 amide bonds. The first-order valence-corrected chi connectivity index (χ1v) is 10.3. The van der Waals surface area contributed by atoms with Crippen LogP contribution in [0.1, 0.15) is 26.3 Å². The highest BCUT2D eigenvalue weighted by atomic mass is 16.5. The van der Waals surface area contributed by atoms with Gasteiger partial charge in [-0.25, -0.2) is 4.79 Å². The molecule has 3 aromatic rings. The maximum absolute atomic E-state index is 12.4. The second-order valence-corrected chi connectivity index (χ2v) is 8.40. The lowest BCUT2D eigenvalue weighted by atomic mass is 9.83. The predicted molar refractivity (Wildman–Crippen MR) is 128 cm³/mol. The van der Waals surface area contributed by atoms with Gasteiger partial charge in [-0.05, 0) is 39.9 Å². The van der Waals surface area contributed by atoms with E-state index in [1.165, 1.54) is 13.4 Å². The van der Waals surface area contributed by atoms with E-state index in [2.05, 4.69) is 55.7 Å². The van der Waals surface area contributed by atoms with Crippen LogP contribution in [0.2, 0.25) is 0 Å². The number of benzene rings is 3. The molecule has 0 spiro atoms. The van der Waals surface area contributed by atoms with Crippen molar-refractivity contribution in [3.05, 3.63) is 72.5 Å². The third-order valence-corrected chi connectivity index (χ3v) is 5.01. The smallest absolute Gasteiger partial charge is 0.326 e. The Bertz CT molecular complexity index is 1180. The SMILES string of the molecule is COC=CC(=O)NC(=O)Nc1cc(-c2ccc3ccccc3c2)c(OC)c(C(C)(C)C)c1. The van der Waals surface area contributed by atoms with Crippen molar-refractivity contribution in [2.45, 2.75) is 26.2 Å². The van der Waals surface area contributed by atoms with Gasteiger partial charge in [0.05, 0.1) is 20.5 Å². The number of rotatable bonds is 5. The summed E-state index contributed by atoms with van der Waals surface area (Å²) in [4.78, 5) is 24.2. The molecule has 166 valence electrons. The summed E-state index contributed by atoms with van der Waals surface area (Å²) in [6, 6.07) is 17.4. The Hall–Kier alpha value is -3.80. The lowest BCUT2D eigenvalue weighted by molar-refractivity contribution is -0.115. The Balaban J connectivity index is 2.06. The Morgan fingerprint density at radius 1 is 0.938 bits per heavy atom. The highest BCUT2D eigenvalue weighted by Gasteiger charge is 2.24. The van der Waals surface area contributed by atoms with Crippen molar-refractivity contribution < 1.29 is 19.1 Å². The normalized spacial score (nSPS) is 11.4. The zero-order valence-corrected chi connectivity index (χ0v) is 19.0. The van der Waals surface area contributed by atoms with Crippen LogP contribution in [0.4, 0.5) is 10.5 Å². The van der Waals surface area contributed by atoms with Crippen molar-refractivity contribution in [2.75, 3.05) is 19.5 Å². The highest BCUT2D eigenvalue weighted by Crippen LogP contribution is 2.42. The molecule has 0 radical (unpaired) electrons. The number of carbonyl (C=O) groups is 2. The van der Waals surface area contributed by atoms with Gasteiger partial charge in [0.25, 0.3) is 5.91 Å². The Morgan fingerprint density at radius 3 is 2.31 bits per heavy atom. The average molecular weight is 433 g/mol. The average Bonchev–Trinajstić information content (AvgIpc) is 2.76. The van der Waals surface area contributed by atoms with Crippen LogP contribution >= 0.6 is 0 Å². The maximum atomic E-state index is 12.4. The largest absolute Gasteiger partial charge is 0.504 e. The lowest BCUT2D eigenvalue weighted by Gasteiger charge is -2.25. The van der Waals surface area contributed by atoms with Crippen molar-refractivity contribution in [2.24, 2.45) is 0 Å². The Labute approximate surface area is 188 Å². The minimum Gasteiger partial charge on any atom is -0.504 e. The van der Waals surface area contributed by atoms with E-state index in [0.29, 0.717) is 5.69 Å². The third-order valence-electron chi connectivity index (χ3n) is 5.01. The molecule has 3 aromatic carbocycles. The molecule has 0 bridgehead atoms. The highest BCUT2D eigenvalue weighted by molar-refractivity contribution is 6.05. The van der Waals surface area contributed by atoms with Gasteiger partial charge in [-0.3, -0.25) is 10.1 Å². The third kappa shape index (κ3) is 5.27. The van der Waals surface area contributed by atoms with Gasteiger partial charge in [0, 0.05) is 22.9 Å². The number of hydrogen-bond acceptors (Lipinski definition) is 4. The van der Waals surface area contributed by atoms with Crippen LogP contribution in [0.15, 0.2) is 66.9 Å². The molecule has 0 aliphatic rings. The van der Waals surface area contributed by atoms with Crippen LogP contribution in [0.5, 0.6) is 5.75 Å². The molecular weight excluding hydrogens is 404 g/mol. The number of imide groups is 1. The number of anilines is 1. The standard InChI is InChI=1S/C26H28N2O4/c1-26(2,3)22-16-20(27-25(30)28-23(29)12-13-31-4)15-21(24(22)32-5)19-11-10-17-8-6-7-9-18(17)14-19/h6-16H,1-5H3,(H2,27,28,29,30). The molecule has 0 saturated heterocycles. The van der Waals surface area contributed by atoms with E-state index in [9.17, 15) is 9.59 Å². The van der Waals surface area contributed by atoms with Crippen molar-refractivity contribution in [3.63, 3.8) is 0 Å². The maximum Gasteiger partial charge on any atom is 0.326 e. The van der Waals surface area contributed by atoms with Crippen molar-refractivity contribution in [3.8, 4) is 16.9 Å². The van der Waals surface area contributed by atoms with Crippen LogP contribution in [0.25, 0.3) is 21.9 Å². The van der Waals surface area contributed by atoms with Gasteiger partial charge < -0.3 is 14.8 Å². The molecule has 0 fully saturated rings. The van der Waals surface area contributed by atoms with Gasteiger partial charge in [0.1, 0.15) is 5.75 Å². The zero-order chi connectivity index (χ0) is 23.3. The Kier molecular flexibility index (Phi) is 6.83. The minimum atomic E-state index is -0.634. The number of methoxy groups -OCH3 is 2. The summed E-state index contributed by atoms with van der Waals surface area (Å²) in [5.41, 5.74) is 3.06. The fourth-order valence-corrected chi connectivity index (χ4v) is 3.50. The first-order chi connectivity index (χ1) is 15.2. The Morgan fingerprint density at radius 2 is 1.66 bits per heavy atom. The summed E-state index contributed by atoms with van der Waals surface area (Å²) in [6.45, 7) is 6.24. The van der Waals surface area contributed by atoms with Crippen LogP contribution in [-0.4, -0.2) is 26.2 Å². The predicted octanol–water partition coefficient (Wildman–Crippen LogP) is 5.62. The molecule has 0 aliphatic heterocycles. The lowest BCUT2D eigenvalue weighted by Crippen LogP contribution is -2.33. The van der Waals surface area contributed by atoms with Crippen LogP contribution in [0.3, 0.4) is 0 Å². The summed E-state index contributed by atoms with van der Waals surface area (Å²) in [5.74, 6) is 0.168. The van der Waals surface area contributed by atoms with Gasteiger partial charge in [-0.15, -0.1) is 0 Å². The van der Waals surface area contributed by atoms with Crippen LogP contribution < -0.4 is 15.4 Å². The number of hydrogen-bond donors (Lipinski definition) is 2. The van der Waals surface area contributed by atoms with E-state index in [1.807, 2.05) is 30.3 Å². The molecule has 3 rings (SSSR count). The quantitative estimate of drug-likeness (QED) is 0.405. The monoisotopic (exact) mass is 432 g/mol. The summed E-state index contributed by atoms with van der Waals surface area (Å²) >= 11 is 0. The molecule has 0 saturated carbocycles. The molecule has 0 aromatic heterocycles. The topological polar surface area (TPSA) is 76.7 Å². The molecule has 0 aliphatic carbocycles. The van der Waals surface area contributed by atoms with Crippen molar-refractivity contribution >= 4 is 28.4 Å². The molecule has 6 nitrogen and oxygen atoms in total. The van der Waals surface area contributed by atoms with Gasteiger partial charge in [0.15, 0.2) is 0 Å². The first-order valence-electron chi connectivity index (χ1n) is 10.3. The van der Waals surface area contributed by atoms with E-state index >= 15 is 0 Å². The zero-order valence-electron chi connectivity index (χ0n) is 19.0. The number of nitrogens with one attached hydrogen (secondary N) is 2. The van der Waals surface area contributed by atoms with Gasteiger partial charge in [-0.1, -0.05) is 57.2 Å². The molecule has 2 N–H and O–H groups in total. The van der Waals surface area contributed by atoms with Gasteiger partial charge in [0.2, 0.25) is 0 Å². The summed E-state index contributed by atoms with van der Waals surface area (Å²) in [6.07, 6.45) is 2.33. The molecule has 0 unspecified atom stereocenters.